The summed E-state index contributed by atoms with van der Waals surface area (Å²) in [6.07, 6.45) is 1.72. The number of aromatic nitrogens is 1. The van der Waals surface area contributed by atoms with E-state index in [0.717, 1.165) is 50.6 Å². The van der Waals surface area contributed by atoms with Crippen molar-refractivity contribution in [2.45, 2.75) is 13.8 Å². The molecule has 8 heteroatoms. The quantitative estimate of drug-likeness (QED) is 0.573. The molecule has 0 spiro atoms. The molecular weight excluding hydrogens is 396 g/mol. The van der Waals surface area contributed by atoms with Gasteiger partial charge < -0.3 is 24.5 Å². The molecule has 2 aromatic heterocycles. The average Bonchev–Trinajstić information content (AvgIpc) is 3.10. The van der Waals surface area contributed by atoms with Crippen LogP contribution >= 0.6 is 0 Å². The SMILES string of the molecule is CCNC(=O)c1c(C)oc2cc(Oc3ccnc(NCCN4CCOCC4)c3)ccc12. The van der Waals surface area contributed by atoms with Gasteiger partial charge in [-0.2, -0.15) is 0 Å². The van der Waals surface area contributed by atoms with Crippen molar-refractivity contribution in [2.75, 3.05) is 51.3 Å². The summed E-state index contributed by atoms with van der Waals surface area (Å²) in [7, 11) is 0. The van der Waals surface area contributed by atoms with Crippen molar-refractivity contribution in [1.29, 1.82) is 0 Å². The predicted molar refractivity (Wildman–Crippen MR) is 119 cm³/mol. The highest BCUT2D eigenvalue weighted by molar-refractivity contribution is 6.07. The second-order valence-electron chi connectivity index (χ2n) is 7.41. The van der Waals surface area contributed by atoms with E-state index in [9.17, 15) is 4.79 Å². The number of aryl methyl sites for hydroxylation is 1. The van der Waals surface area contributed by atoms with Crippen LogP contribution in [0, 0.1) is 6.92 Å². The molecule has 0 saturated carbocycles. The molecule has 1 aromatic carbocycles. The lowest BCUT2D eigenvalue weighted by Crippen LogP contribution is -2.39. The zero-order valence-corrected chi connectivity index (χ0v) is 17.9. The molecule has 1 amide bonds. The second kappa shape index (κ2) is 9.80. The standard InChI is InChI=1S/C23H28N4O4/c1-3-24-23(28)22-16(2)30-20-14-17(4-5-19(20)22)31-18-6-7-25-21(15-18)26-8-9-27-10-12-29-13-11-27/h4-7,14-15H,3,8-13H2,1-2H3,(H,24,28)(H,25,26). The lowest BCUT2D eigenvalue weighted by Gasteiger charge is -2.26. The number of carbonyl (C=O) groups excluding carboxylic acids is 1. The van der Waals surface area contributed by atoms with E-state index >= 15 is 0 Å². The van der Waals surface area contributed by atoms with E-state index in [2.05, 4.69) is 20.5 Å². The molecule has 2 N–H and O–H groups in total. The maximum absolute atomic E-state index is 12.3. The summed E-state index contributed by atoms with van der Waals surface area (Å²) in [6, 6.07) is 9.18. The number of nitrogens with zero attached hydrogens (tertiary/aromatic N) is 2. The minimum absolute atomic E-state index is 0.130. The first kappa shape index (κ1) is 21.1. The zero-order chi connectivity index (χ0) is 21.6. The van der Waals surface area contributed by atoms with Crippen molar-refractivity contribution in [1.82, 2.24) is 15.2 Å². The Morgan fingerprint density at radius 2 is 2.00 bits per heavy atom. The zero-order valence-electron chi connectivity index (χ0n) is 17.9. The minimum atomic E-state index is -0.130. The average molecular weight is 425 g/mol. The summed E-state index contributed by atoms with van der Waals surface area (Å²) < 4.78 is 17.2. The summed E-state index contributed by atoms with van der Waals surface area (Å²) in [5.41, 5.74) is 1.19. The summed E-state index contributed by atoms with van der Waals surface area (Å²) in [6.45, 7) is 9.53. The largest absolute Gasteiger partial charge is 0.460 e. The number of furan rings is 1. The van der Waals surface area contributed by atoms with Crippen LogP contribution in [0.15, 0.2) is 40.9 Å². The van der Waals surface area contributed by atoms with Gasteiger partial charge in [0.25, 0.3) is 5.91 Å². The number of morpholine rings is 1. The molecule has 0 radical (unpaired) electrons. The predicted octanol–water partition coefficient (Wildman–Crippen LogP) is 3.42. The van der Waals surface area contributed by atoms with Gasteiger partial charge >= 0.3 is 0 Å². The highest BCUT2D eigenvalue weighted by Crippen LogP contribution is 2.31. The lowest BCUT2D eigenvalue weighted by molar-refractivity contribution is 0.0398. The van der Waals surface area contributed by atoms with Gasteiger partial charge in [0.05, 0.1) is 18.8 Å². The third-order valence-electron chi connectivity index (χ3n) is 5.21. The summed E-state index contributed by atoms with van der Waals surface area (Å²) >= 11 is 0. The smallest absolute Gasteiger partial charge is 0.255 e. The molecule has 164 valence electrons. The van der Waals surface area contributed by atoms with E-state index < -0.39 is 0 Å². The van der Waals surface area contributed by atoms with Crippen molar-refractivity contribution in [3.05, 3.63) is 47.9 Å². The van der Waals surface area contributed by atoms with Gasteiger partial charge in [0, 0.05) is 56.4 Å². The van der Waals surface area contributed by atoms with E-state index in [0.29, 0.717) is 35.0 Å². The van der Waals surface area contributed by atoms with Crippen LogP contribution in [-0.2, 0) is 4.74 Å². The Morgan fingerprint density at radius 1 is 1.19 bits per heavy atom. The Hall–Kier alpha value is -3.10. The van der Waals surface area contributed by atoms with Crippen molar-refractivity contribution < 1.29 is 18.7 Å². The van der Waals surface area contributed by atoms with Gasteiger partial charge in [-0.25, -0.2) is 4.98 Å². The number of hydrogen-bond donors (Lipinski definition) is 2. The molecule has 31 heavy (non-hydrogen) atoms. The van der Waals surface area contributed by atoms with Crippen LogP contribution in [0.5, 0.6) is 11.5 Å². The summed E-state index contributed by atoms with van der Waals surface area (Å²) in [5.74, 6) is 2.53. The first-order valence-electron chi connectivity index (χ1n) is 10.6. The highest BCUT2D eigenvalue weighted by atomic mass is 16.5. The van der Waals surface area contributed by atoms with Crippen molar-refractivity contribution in [3.8, 4) is 11.5 Å². The van der Waals surface area contributed by atoms with Gasteiger partial charge in [-0.05, 0) is 32.0 Å². The maximum atomic E-state index is 12.3. The third-order valence-corrected chi connectivity index (χ3v) is 5.21. The van der Waals surface area contributed by atoms with Crippen LogP contribution in [0.4, 0.5) is 5.82 Å². The van der Waals surface area contributed by atoms with Crippen LogP contribution in [-0.4, -0.2) is 61.7 Å². The second-order valence-corrected chi connectivity index (χ2v) is 7.41. The number of fused-ring (bicyclic) bond motifs is 1. The maximum Gasteiger partial charge on any atom is 0.255 e. The monoisotopic (exact) mass is 424 g/mol. The number of nitrogens with one attached hydrogen (secondary N) is 2. The normalized spacial score (nSPS) is 14.5. The van der Waals surface area contributed by atoms with Gasteiger partial charge in [-0.1, -0.05) is 0 Å². The number of rotatable bonds is 8. The fourth-order valence-corrected chi connectivity index (χ4v) is 3.67. The Bertz CT molecular complexity index is 1040. The van der Waals surface area contributed by atoms with E-state index in [4.69, 9.17) is 13.9 Å². The van der Waals surface area contributed by atoms with E-state index in [-0.39, 0.29) is 5.91 Å². The molecule has 1 fully saturated rings. The molecule has 0 aliphatic carbocycles. The fraction of sp³-hybridized carbons (Fsp3) is 0.391. The van der Waals surface area contributed by atoms with Gasteiger partial charge in [0.2, 0.25) is 0 Å². The first-order valence-corrected chi connectivity index (χ1v) is 10.6. The third kappa shape index (κ3) is 5.15. The number of anilines is 1. The number of ether oxygens (including phenoxy) is 2. The van der Waals surface area contributed by atoms with Crippen LogP contribution in [0.1, 0.15) is 23.0 Å². The van der Waals surface area contributed by atoms with E-state index in [1.54, 1.807) is 19.2 Å². The van der Waals surface area contributed by atoms with Crippen molar-refractivity contribution >= 4 is 22.7 Å². The number of hydrogen-bond acceptors (Lipinski definition) is 7. The number of carbonyl (C=O) groups is 1. The van der Waals surface area contributed by atoms with Gasteiger partial charge in [0.15, 0.2) is 0 Å². The first-order chi connectivity index (χ1) is 15.1. The molecule has 1 saturated heterocycles. The minimum Gasteiger partial charge on any atom is -0.460 e. The van der Waals surface area contributed by atoms with E-state index in [1.807, 2.05) is 31.2 Å². The van der Waals surface area contributed by atoms with Crippen molar-refractivity contribution in [2.24, 2.45) is 0 Å². The molecule has 3 heterocycles. The Morgan fingerprint density at radius 3 is 2.81 bits per heavy atom. The highest BCUT2D eigenvalue weighted by Gasteiger charge is 2.18. The molecule has 1 aliphatic heterocycles. The van der Waals surface area contributed by atoms with Crippen LogP contribution in [0.25, 0.3) is 11.0 Å². The summed E-state index contributed by atoms with van der Waals surface area (Å²) in [5, 5.41) is 6.95. The Kier molecular flexibility index (Phi) is 6.69. The molecule has 0 atom stereocenters. The molecule has 0 bridgehead atoms. The fourth-order valence-electron chi connectivity index (χ4n) is 3.67. The molecule has 8 nitrogen and oxygen atoms in total. The molecule has 3 aromatic rings. The number of benzene rings is 1. The Balaban J connectivity index is 1.41. The lowest BCUT2D eigenvalue weighted by atomic mass is 10.1. The number of amides is 1. The van der Waals surface area contributed by atoms with Crippen LogP contribution < -0.4 is 15.4 Å². The van der Waals surface area contributed by atoms with Crippen LogP contribution in [0.2, 0.25) is 0 Å². The van der Waals surface area contributed by atoms with Gasteiger partial charge in [-0.15, -0.1) is 0 Å². The summed E-state index contributed by atoms with van der Waals surface area (Å²) in [4.78, 5) is 19.1. The Labute approximate surface area is 181 Å². The molecule has 1 aliphatic rings. The molecule has 4 rings (SSSR count). The molecular formula is C23H28N4O4. The van der Waals surface area contributed by atoms with Crippen LogP contribution in [0.3, 0.4) is 0 Å². The molecule has 0 unspecified atom stereocenters. The number of pyridine rings is 1. The van der Waals surface area contributed by atoms with Gasteiger partial charge in [0.1, 0.15) is 28.7 Å². The topological polar surface area (TPSA) is 88.9 Å². The van der Waals surface area contributed by atoms with Gasteiger partial charge in [-0.3, -0.25) is 9.69 Å². The van der Waals surface area contributed by atoms with E-state index in [1.165, 1.54) is 0 Å². The van der Waals surface area contributed by atoms with Crippen molar-refractivity contribution in [3.63, 3.8) is 0 Å².